The summed E-state index contributed by atoms with van der Waals surface area (Å²) in [4.78, 5) is 41.8. The minimum absolute atomic E-state index is 0.0280. The Morgan fingerprint density at radius 1 is 1.09 bits per heavy atom. The van der Waals surface area contributed by atoms with Crippen molar-refractivity contribution in [1.82, 2.24) is 20.4 Å². The van der Waals surface area contributed by atoms with E-state index in [9.17, 15) is 14.4 Å². The molecule has 2 unspecified atom stereocenters. The minimum Gasteiger partial charge on any atom is -0.350 e. The number of imide groups is 1. The third-order valence-corrected chi connectivity index (χ3v) is 7.04. The predicted octanol–water partition coefficient (Wildman–Crippen LogP) is 3.04. The Morgan fingerprint density at radius 2 is 1.75 bits per heavy atom. The van der Waals surface area contributed by atoms with E-state index in [-0.39, 0.29) is 23.8 Å². The second-order valence-electron chi connectivity index (χ2n) is 10.8. The third-order valence-electron chi connectivity index (χ3n) is 7.04. The molecule has 1 aromatic rings. The molecule has 32 heavy (non-hydrogen) atoms. The quantitative estimate of drug-likeness (QED) is 0.666. The van der Waals surface area contributed by atoms with Gasteiger partial charge in [0.25, 0.3) is 5.91 Å². The van der Waals surface area contributed by atoms with Gasteiger partial charge in [0.05, 0.1) is 0 Å². The number of hydrogen-bond acceptors (Lipinski definition) is 4. The highest BCUT2D eigenvalue weighted by Crippen LogP contribution is 2.46. The second-order valence-corrected chi connectivity index (χ2v) is 10.8. The van der Waals surface area contributed by atoms with Crippen molar-refractivity contribution in [3.05, 3.63) is 35.4 Å². The van der Waals surface area contributed by atoms with E-state index in [0.29, 0.717) is 25.3 Å². The van der Waals surface area contributed by atoms with Crippen LogP contribution >= 0.6 is 0 Å². The zero-order valence-electron chi connectivity index (χ0n) is 19.6. The molecular weight excluding hydrogens is 404 g/mol. The summed E-state index contributed by atoms with van der Waals surface area (Å²) in [6.07, 6.45) is 4.81. The van der Waals surface area contributed by atoms with Crippen LogP contribution in [0.4, 0.5) is 4.79 Å². The average molecular weight is 441 g/mol. The van der Waals surface area contributed by atoms with Crippen LogP contribution in [0.3, 0.4) is 0 Å². The molecule has 174 valence electrons. The topological polar surface area (TPSA) is 81.8 Å². The highest BCUT2D eigenvalue weighted by atomic mass is 16.2. The van der Waals surface area contributed by atoms with Gasteiger partial charge in [-0.25, -0.2) is 4.79 Å². The number of nitrogens with zero attached hydrogens (tertiary/aromatic N) is 2. The Labute approximate surface area is 190 Å². The van der Waals surface area contributed by atoms with Crippen molar-refractivity contribution in [2.75, 3.05) is 19.6 Å². The van der Waals surface area contributed by atoms with E-state index in [1.54, 1.807) is 0 Å². The van der Waals surface area contributed by atoms with Gasteiger partial charge in [-0.15, -0.1) is 0 Å². The Balaban J connectivity index is 1.30. The molecule has 7 nitrogen and oxygen atoms in total. The van der Waals surface area contributed by atoms with Crippen molar-refractivity contribution in [2.24, 2.45) is 11.3 Å². The Bertz CT molecular complexity index is 876. The molecule has 1 saturated carbocycles. The van der Waals surface area contributed by atoms with Crippen LogP contribution in [-0.4, -0.2) is 52.8 Å². The van der Waals surface area contributed by atoms with Gasteiger partial charge >= 0.3 is 6.03 Å². The zero-order chi connectivity index (χ0) is 22.9. The normalized spacial score (nSPS) is 27.7. The van der Waals surface area contributed by atoms with E-state index in [1.807, 2.05) is 12.1 Å². The number of nitrogens with one attached hydrogen (secondary N) is 2. The predicted molar refractivity (Wildman–Crippen MR) is 123 cm³/mol. The van der Waals surface area contributed by atoms with Crippen molar-refractivity contribution in [2.45, 2.75) is 71.5 Å². The highest BCUT2D eigenvalue weighted by Gasteiger charge is 2.56. The standard InChI is InChI=1S/C25H36N4O3/c1-18-12-24(2,3)17-25(13-18)22(31)29(23(32)27-25)16-21(30)26-14-19-6-8-20(9-7-19)15-28-10-4-5-11-28/h6-9,18H,4-5,10-17H2,1-3H3,(H,26,30)(H,27,32). The number of carbonyl (C=O) groups is 3. The molecule has 0 aromatic heterocycles. The van der Waals surface area contributed by atoms with E-state index < -0.39 is 11.6 Å². The van der Waals surface area contributed by atoms with Gasteiger partial charge in [0.15, 0.2) is 0 Å². The van der Waals surface area contributed by atoms with Gasteiger partial charge in [-0.1, -0.05) is 45.0 Å². The van der Waals surface area contributed by atoms with E-state index >= 15 is 0 Å². The van der Waals surface area contributed by atoms with Gasteiger partial charge < -0.3 is 10.6 Å². The van der Waals surface area contributed by atoms with E-state index in [1.165, 1.54) is 18.4 Å². The monoisotopic (exact) mass is 440 g/mol. The van der Waals surface area contributed by atoms with E-state index in [4.69, 9.17) is 0 Å². The first-order valence-electron chi connectivity index (χ1n) is 11.9. The molecule has 1 aromatic carbocycles. The van der Waals surface area contributed by atoms with Crippen molar-refractivity contribution in [1.29, 1.82) is 0 Å². The number of urea groups is 1. The molecule has 3 aliphatic rings. The van der Waals surface area contributed by atoms with Crippen LogP contribution in [0.15, 0.2) is 24.3 Å². The lowest BCUT2D eigenvalue weighted by Gasteiger charge is -2.43. The number of amides is 4. The molecule has 2 saturated heterocycles. The van der Waals surface area contributed by atoms with Gasteiger partial charge in [-0.3, -0.25) is 19.4 Å². The Morgan fingerprint density at radius 3 is 2.41 bits per heavy atom. The lowest BCUT2D eigenvalue weighted by atomic mass is 9.64. The van der Waals surface area contributed by atoms with Crippen molar-refractivity contribution in [3.63, 3.8) is 0 Å². The molecule has 0 bridgehead atoms. The molecule has 4 amide bonds. The molecule has 7 heteroatoms. The van der Waals surface area contributed by atoms with Crippen LogP contribution in [0.5, 0.6) is 0 Å². The van der Waals surface area contributed by atoms with Crippen LogP contribution in [0.2, 0.25) is 0 Å². The first-order valence-corrected chi connectivity index (χ1v) is 11.9. The Kier molecular flexibility index (Phi) is 6.30. The van der Waals surface area contributed by atoms with Crippen LogP contribution in [0.1, 0.15) is 64.0 Å². The summed E-state index contributed by atoms with van der Waals surface area (Å²) in [7, 11) is 0. The summed E-state index contributed by atoms with van der Waals surface area (Å²) in [6.45, 7) is 9.82. The zero-order valence-corrected chi connectivity index (χ0v) is 19.6. The van der Waals surface area contributed by atoms with Crippen LogP contribution in [0, 0.1) is 11.3 Å². The Hall–Kier alpha value is -2.41. The maximum Gasteiger partial charge on any atom is 0.325 e. The molecule has 4 rings (SSSR count). The first-order chi connectivity index (χ1) is 15.2. The number of likely N-dealkylation sites (tertiary alicyclic amines) is 1. The van der Waals surface area contributed by atoms with Gasteiger partial charge in [-0.2, -0.15) is 0 Å². The summed E-state index contributed by atoms with van der Waals surface area (Å²) in [5, 5.41) is 5.78. The third kappa shape index (κ3) is 4.98. The van der Waals surface area contributed by atoms with E-state index in [2.05, 4.69) is 48.4 Å². The minimum atomic E-state index is -0.871. The average Bonchev–Trinajstić information content (AvgIpc) is 3.28. The fourth-order valence-corrected chi connectivity index (χ4v) is 6.01. The van der Waals surface area contributed by atoms with E-state index in [0.717, 1.165) is 36.5 Å². The number of benzene rings is 1. The molecule has 1 spiro atoms. The molecular formula is C25H36N4O3. The lowest BCUT2D eigenvalue weighted by Crippen LogP contribution is -2.54. The lowest BCUT2D eigenvalue weighted by molar-refractivity contribution is -0.137. The largest absolute Gasteiger partial charge is 0.350 e. The summed E-state index contributed by atoms with van der Waals surface area (Å²) in [6, 6.07) is 7.81. The summed E-state index contributed by atoms with van der Waals surface area (Å²) < 4.78 is 0. The fraction of sp³-hybridized carbons (Fsp3) is 0.640. The van der Waals surface area contributed by atoms with Crippen LogP contribution in [-0.2, 0) is 22.7 Å². The highest BCUT2D eigenvalue weighted by molar-refractivity contribution is 6.09. The smallest absolute Gasteiger partial charge is 0.325 e. The van der Waals surface area contributed by atoms with Gasteiger partial charge in [-0.05, 0) is 67.7 Å². The summed E-state index contributed by atoms with van der Waals surface area (Å²) >= 11 is 0. The molecule has 2 aliphatic heterocycles. The molecule has 1 aliphatic carbocycles. The van der Waals surface area contributed by atoms with Crippen molar-refractivity contribution >= 4 is 17.8 Å². The SMILES string of the molecule is CC1CC(C)(C)CC2(C1)NC(=O)N(CC(=O)NCc1ccc(CN3CCCC3)cc1)C2=O. The number of hydrogen-bond donors (Lipinski definition) is 2. The molecule has 2 heterocycles. The second kappa shape index (κ2) is 8.85. The maximum atomic E-state index is 13.2. The van der Waals surface area contributed by atoms with Gasteiger partial charge in [0.2, 0.25) is 5.91 Å². The fourth-order valence-electron chi connectivity index (χ4n) is 6.01. The maximum absolute atomic E-state index is 13.2. The molecule has 2 N–H and O–H groups in total. The molecule has 2 atom stereocenters. The molecule has 0 radical (unpaired) electrons. The van der Waals surface area contributed by atoms with Gasteiger partial charge in [0, 0.05) is 13.1 Å². The summed E-state index contributed by atoms with van der Waals surface area (Å²) in [5.41, 5.74) is 1.38. The van der Waals surface area contributed by atoms with Crippen molar-refractivity contribution in [3.8, 4) is 0 Å². The number of rotatable bonds is 6. The number of carbonyl (C=O) groups excluding carboxylic acids is 3. The molecule has 3 fully saturated rings. The van der Waals surface area contributed by atoms with Crippen LogP contribution in [0.25, 0.3) is 0 Å². The van der Waals surface area contributed by atoms with Crippen molar-refractivity contribution < 1.29 is 14.4 Å². The van der Waals surface area contributed by atoms with Gasteiger partial charge in [0.1, 0.15) is 12.1 Å². The van der Waals surface area contributed by atoms with Crippen LogP contribution < -0.4 is 10.6 Å². The summed E-state index contributed by atoms with van der Waals surface area (Å²) in [5.74, 6) is -0.247. The first kappa shape index (κ1) is 22.8.